The van der Waals surface area contributed by atoms with Gasteiger partial charge in [-0.1, -0.05) is 6.07 Å². The van der Waals surface area contributed by atoms with Crippen LogP contribution in [0.25, 0.3) is 17.1 Å². The number of benzene rings is 1. The van der Waals surface area contributed by atoms with Crippen LogP contribution in [-0.2, 0) is 0 Å². The number of nitrogens with one attached hydrogen (secondary N) is 1. The first-order chi connectivity index (χ1) is 14.5. The van der Waals surface area contributed by atoms with Gasteiger partial charge in [-0.2, -0.15) is 5.10 Å². The highest BCUT2D eigenvalue weighted by Gasteiger charge is 2.20. The minimum Gasteiger partial charge on any atom is -0.460 e. The quantitative estimate of drug-likeness (QED) is 0.474. The van der Waals surface area contributed by atoms with Crippen molar-refractivity contribution in [3.8, 4) is 17.1 Å². The summed E-state index contributed by atoms with van der Waals surface area (Å²) < 4.78 is 7.06. The molecule has 30 heavy (non-hydrogen) atoms. The van der Waals surface area contributed by atoms with E-state index in [9.17, 15) is 14.9 Å². The highest BCUT2D eigenvalue weighted by Crippen LogP contribution is 2.25. The van der Waals surface area contributed by atoms with Gasteiger partial charge in [-0.3, -0.25) is 14.9 Å². The summed E-state index contributed by atoms with van der Waals surface area (Å²) in [5, 5.41) is 18.6. The molecule has 2 aromatic heterocycles. The Bertz CT molecular complexity index is 1070. The highest BCUT2D eigenvalue weighted by molar-refractivity contribution is 5.94. The fourth-order valence-electron chi connectivity index (χ4n) is 3.59. The van der Waals surface area contributed by atoms with Gasteiger partial charge in [0, 0.05) is 31.3 Å². The van der Waals surface area contributed by atoms with Gasteiger partial charge in [-0.05, 0) is 51.1 Å². The van der Waals surface area contributed by atoms with Gasteiger partial charge in [0.2, 0.25) is 0 Å². The van der Waals surface area contributed by atoms with Gasteiger partial charge in [-0.25, -0.2) is 4.68 Å². The zero-order valence-corrected chi connectivity index (χ0v) is 16.7. The third-order valence-corrected chi connectivity index (χ3v) is 5.13. The number of aromatic nitrogens is 2. The number of furan rings is 1. The van der Waals surface area contributed by atoms with Crippen LogP contribution in [0, 0.1) is 17.0 Å². The predicted octanol–water partition coefficient (Wildman–Crippen LogP) is 3.17. The lowest BCUT2D eigenvalue weighted by molar-refractivity contribution is -0.384. The molecule has 4 rings (SSSR count). The predicted molar refractivity (Wildman–Crippen MR) is 111 cm³/mol. The van der Waals surface area contributed by atoms with E-state index in [2.05, 4.69) is 15.3 Å². The Morgan fingerprint density at radius 2 is 2.03 bits per heavy atom. The molecule has 1 saturated heterocycles. The molecule has 1 aliphatic rings. The number of hydrogen-bond acceptors (Lipinski definition) is 6. The summed E-state index contributed by atoms with van der Waals surface area (Å²) in [6, 6.07) is 11.3. The molecule has 0 spiro atoms. The summed E-state index contributed by atoms with van der Waals surface area (Å²) in [5.41, 5.74) is 1.14. The molecular formula is C21H23N5O4. The van der Waals surface area contributed by atoms with E-state index in [4.69, 9.17) is 4.42 Å². The summed E-state index contributed by atoms with van der Waals surface area (Å²) in [6.07, 6.45) is 2.39. The number of nitro groups is 1. The molecule has 9 heteroatoms. The zero-order valence-electron chi connectivity index (χ0n) is 16.7. The smallest absolute Gasteiger partial charge is 0.271 e. The molecule has 1 fully saturated rings. The number of nitrogens with zero attached hydrogens (tertiary/aromatic N) is 4. The van der Waals surface area contributed by atoms with Crippen molar-refractivity contribution in [3.05, 3.63) is 64.0 Å². The average Bonchev–Trinajstić information content (AvgIpc) is 3.48. The molecule has 0 saturated carbocycles. The minimum absolute atomic E-state index is 0.0706. The second-order valence-electron chi connectivity index (χ2n) is 7.32. The molecule has 0 aliphatic carbocycles. The number of aryl methyl sites for hydroxylation is 1. The minimum atomic E-state index is -0.473. The van der Waals surface area contributed by atoms with Crippen LogP contribution in [0.1, 0.15) is 29.1 Å². The highest BCUT2D eigenvalue weighted by atomic mass is 16.6. The number of amides is 1. The van der Waals surface area contributed by atoms with Crippen molar-refractivity contribution in [2.24, 2.45) is 0 Å². The molecule has 156 valence electrons. The fraction of sp³-hybridized carbons (Fsp3) is 0.333. The number of carbonyl (C=O) groups excluding carboxylic acids is 1. The van der Waals surface area contributed by atoms with Gasteiger partial charge in [-0.15, -0.1) is 0 Å². The van der Waals surface area contributed by atoms with Crippen molar-refractivity contribution in [3.63, 3.8) is 0 Å². The van der Waals surface area contributed by atoms with Gasteiger partial charge in [0.15, 0.2) is 5.76 Å². The second kappa shape index (κ2) is 8.50. The van der Waals surface area contributed by atoms with Crippen LogP contribution < -0.4 is 5.32 Å². The molecule has 0 radical (unpaired) electrons. The van der Waals surface area contributed by atoms with Crippen molar-refractivity contribution in [2.45, 2.75) is 19.8 Å². The van der Waals surface area contributed by atoms with E-state index in [1.165, 1.54) is 29.7 Å². The van der Waals surface area contributed by atoms with Gasteiger partial charge in [0.25, 0.3) is 11.6 Å². The number of rotatable bonds is 7. The lowest BCUT2D eigenvalue weighted by atomic mass is 10.2. The van der Waals surface area contributed by atoms with E-state index in [1.807, 2.05) is 13.0 Å². The zero-order chi connectivity index (χ0) is 21.1. The van der Waals surface area contributed by atoms with Gasteiger partial charge in [0.05, 0.1) is 10.6 Å². The molecular weight excluding hydrogens is 386 g/mol. The van der Waals surface area contributed by atoms with E-state index in [1.54, 1.807) is 24.3 Å². The van der Waals surface area contributed by atoms with Crippen molar-refractivity contribution in [1.29, 1.82) is 0 Å². The first kappa shape index (κ1) is 19.8. The normalized spacial score (nSPS) is 14.2. The van der Waals surface area contributed by atoms with Gasteiger partial charge >= 0.3 is 0 Å². The Hall–Kier alpha value is -3.46. The lowest BCUT2D eigenvalue weighted by Gasteiger charge is -2.15. The molecule has 0 unspecified atom stereocenters. The Labute approximate surface area is 173 Å². The van der Waals surface area contributed by atoms with Crippen LogP contribution in [0.3, 0.4) is 0 Å². The van der Waals surface area contributed by atoms with Crippen molar-refractivity contribution in [2.75, 3.05) is 26.2 Å². The Morgan fingerprint density at radius 3 is 2.73 bits per heavy atom. The molecule has 1 N–H and O–H groups in total. The third-order valence-electron chi connectivity index (χ3n) is 5.13. The number of likely N-dealkylation sites (tertiary alicyclic amines) is 1. The second-order valence-corrected chi connectivity index (χ2v) is 7.32. The summed E-state index contributed by atoms with van der Waals surface area (Å²) >= 11 is 0. The van der Waals surface area contributed by atoms with Crippen LogP contribution in [0.2, 0.25) is 0 Å². The van der Waals surface area contributed by atoms with E-state index < -0.39 is 4.92 Å². The Balaban J connectivity index is 1.63. The molecule has 3 heterocycles. The van der Waals surface area contributed by atoms with Crippen molar-refractivity contribution in [1.82, 2.24) is 20.0 Å². The number of nitro benzene ring substituents is 1. The maximum atomic E-state index is 12.9. The monoisotopic (exact) mass is 409 g/mol. The topological polar surface area (TPSA) is 106 Å². The van der Waals surface area contributed by atoms with Gasteiger partial charge in [0.1, 0.15) is 17.1 Å². The first-order valence-electron chi connectivity index (χ1n) is 9.93. The van der Waals surface area contributed by atoms with Crippen LogP contribution in [0.15, 0.2) is 46.9 Å². The van der Waals surface area contributed by atoms with E-state index in [-0.39, 0.29) is 11.6 Å². The van der Waals surface area contributed by atoms with Crippen LogP contribution in [0.5, 0.6) is 0 Å². The molecule has 0 atom stereocenters. The molecule has 1 aromatic carbocycles. The maximum Gasteiger partial charge on any atom is 0.271 e. The maximum absolute atomic E-state index is 12.9. The van der Waals surface area contributed by atoms with Crippen LogP contribution in [-0.4, -0.2) is 51.7 Å². The van der Waals surface area contributed by atoms with E-state index in [0.29, 0.717) is 29.4 Å². The lowest BCUT2D eigenvalue weighted by Crippen LogP contribution is -2.34. The largest absolute Gasteiger partial charge is 0.460 e. The standard InChI is InChI=1S/C21H23N5O4/c1-15-7-8-20(30-15)18-14-19(21(27)22-9-12-24-10-2-3-11-24)25(23-18)16-5-4-6-17(13-16)26(28)29/h4-8,13-14H,2-3,9-12H2,1H3,(H,22,27). The number of hydrogen-bond donors (Lipinski definition) is 1. The molecule has 3 aromatic rings. The summed E-state index contributed by atoms with van der Waals surface area (Å²) in [7, 11) is 0. The van der Waals surface area contributed by atoms with Crippen LogP contribution >= 0.6 is 0 Å². The summed E-state index contributed by atoms with van der Waals surface area (Å²) in [6.45, 7) is 5.26. The molecule has 1 amide bonds. The summed E-state index contributed by atoms with van der Waals surface area (Å²) in [4.78, 5) is 25.9. The fourth-order valence-corrected chi connectivity index (χ4v) is 3.59. The van der Waals surface area contributed by atoms with Crippen molar-refractivity contribution < 1.29 is 14.1 Å². The number of carbonyl (C=O) groups is 1. The Kier molecular flexibility index (Phi) is 5.62. The first-order valence-corrected chi connectivity index (χ1v) is 9.93. The van der Waals surface area contributed by atoms with E-state index in [0.717, 1.165) is 25.4 Å². The van der Waals surface area contributed by atoms with Crippen molar-refractivity contribution >= 4 is 11.6 Å². The van der Waals surface area contributed by atoms with Crippen LogP contribution in [0.4, 0.5) is 5.69 Å². The molecule has 9 nitrogen and oxygen atoms in total. The summed E-state index contributed by atoms with van der Waals surface area (Å²) in [5.74, 6) is 0.969. The molecule has 0 bridgehead atoms. The Morgan fingerprint density at radius 1 is 1.23 bits per heavy atom. The number of non-ortho nitro benzene ring substituents is 1. The SMILES string of the molecule is Cc1ccc(-c2cc(C(=O)NCCN3CCCC3)n(-c3cccc([N+](=O)[O-])c3)n2)o1. The average molecular weight is 409 g/mol. The van der Waals surface area contributed by atoms with Gasteiger partial charge < -0.3 is 14.6 Å². The molecule has 1 aliphatic heterocycles. The third kappa shape index (κ3) is 4.25. The van der Waals surface area contributed by atoms with E-state index >= 15 is 0 Å².